The van der Waals surface area contributed by atoms with Crippen LogP contribution in [0.15, 0.2) is 24.3 Å². The van der Waals surface area contributed by atoms with Crippen LogP contribution in [0.3, 0.4) is 0 Å². The van der Waals surface area contributed by atoms with Gasteiger partial charge < -0.3 is 10.6 Å². The quantitative estimate of drug-likeness (QED) is 0.820. The fourth-order valence-electron chi connectivity index (χ4n) is 2.19. The highest BCUT2D eigenvalue weighted by Crippen LogP contribution is 2.24. The van der Waals surface area contributed by atoms with Crippen molar-refractivity contribution in [3.63, 3.8) is 0 Å². The molecule has 2 N–H and O–H groups in total. The zero-order chi connectivity index (χ0) is 12.9. The molecule has 0 unspecified atom stereocenters. The maximum absolute atomic E-state index is 5.62. The van der Waals surface area contributed by atoms with E-state index in [0.29, 0.717) is 6.54 Å². The van der Waals surface area contributed by atoms with E-state index < -0.39 is 0 Å². The van der Waals surface area contributed by atoms with Crippen molar-refractivity contribution in [2.45, 2.75) is 39.7 Å². The zero-order valence-corrected chi connectivity index (χ0v) is 11.7. The summed E-state index contributed by atoms with van der Waals surface area (Å²) in [6.45, 7) is 13.0. The minimum Gasteiger partial charge on any atom is -0.326 e. The molecule has 0 atom stereocenters. The van der Waals surface area contributed by atoms with Crippen molar-refractivity contribution in [3.8, 4) is 0 Å². The molecule has 0 aliphatic heterocycles. The number of nitrogens with zero attached hydrogens (tertiary/aromatic N) is 1. The second kappa shape index (κ2) is 6.18. The molecule has 1 aromatic carbocycles. The van der Waals surface area contributed by atoms with Crippen LogP contribution in [0.25, 0.3) is 0 Å². The Morgan fingerprint density at radius 1 is 1.06 bits per heavy atom. The zero-order valence-electron chi connectivity index (χ0n) is 11.7. The van der Waals surface area contributed by atoms with Gasteiger partial charge in [-0.05, 0) is 24.2 Å². The van der Waals surface area contributed by atoms with E-state index in [1.807, 2.05) is 0 Å². The topological polar surface area (TPSA) is 29.3 Å². The van der Waals surface area contributed by atoms with E-state index >= 15 is 0 Å². The van der Waals surface area contributed by atoms with Crippen LogP contribution in [0, 0.1) is 0 Å². The van der Waals surface area contributed by atoms with Gasteiger partial charge >= 0.3 is 0 Å². The molecule has 0 radical (unpaired) electrons. The monoisotopic (exact) mass is 234 g/mol. The van der Waals surface area contributed by atoms with Crippen LogP contribution in [0.4, 0.5) is 0 Å². The molecule has 0 saturated carbocycles. The van der Waals surface area contributed by atoms with Crippen molar-refractivity contribution < 1.29 is 0 Å². The lowest BCUT2D eigenvalue weighted by Crippen LogP contribution is -2.36. The number of benzene rings is 1. The van der Waals surface area contributed by atoms with Crippen molar-refractivity contribution in [2.75, 3.05) is 19.6 Å². The molecule has 0 heterocycles. The molecule has 0 fully saturated rings. The maximum atomic E-state index is 5.62. The Labute approximate surface area is 106 Å². The fraction of sp³-hybridized carbons (Fsp3) is 0.600. The maximum Gasteiger partial charge on any atom is 0.0178 e. The summed E-state index contributed by atoms with van der Waals surface area (Å²) < 4.78 is 0. The molecule has 17 heavy (non-hydrogen) atoms. The largest absolute Gasteiger partial charge is 0.326 e. The van der Waals surface area contributed by atoms with Gasteiger partial charge in [-0.1, -0.05) is 52.0 Å². The molecule has 0 aliphatic carbocycles. The van der Waals surface area contributed by atoms with Crippen molar-refractivity contribution in [1.29, 1.82) is 0 Å². The van der Waals surface area contributed by atoms with Crippen molar-refractivity contribution in [3.05, 3.63) is 35.4 Å². The normalized spacial score (nSPS) is 12.1. The van der Waals surface area contributed by atoms with Gasteiger partial charge in [0.15, 0.2) is 0 Å². The Hall–Kier alpha value is -0.860. The van der Waals surface area contributed by atoms with Crippen LogP contribution in [-0.2, 0) is 12.0 Å². The summed E-state index contributed by atoms with van der Waals surface area (Å²) in [5.41, 5.74) is 8.41. The van der Waals surface area contributed by atoms with E-state index in [-0.39, 0.29) is 5.41 Å². The van der Waals surface area contributed by atoms with Gasteiger partial charge in [0, 0.05) is 18.5 Å². The Kier molecular flexibility index (Phi) is 5.16. The van der Waals surface area contributed by atoms with E-state index in [1.165, 1.54) is 11.1 Å². The molecule has 0 spiro atoms. The standard InChI is InChI=1S/C15H26N2/c1-5-17(6-2)12-15(3,4)14-9-7-13(11-16)8-10-14/h7-10H,5-6,11-12,16H2,1-4H3. The Morgan fingerprint density at radius 2 is 1.59 bits per heavy atom. The summed E-state index contributed by atoms with van der Waals surface area (Å²) >= 11 is 0. The van der Waals surface area contributed by atoms with Crippen molar-refractivity contribution >= 4 is 0 Å². The van der Waals surface area contributed by atoms with Crippen molar-refractivity contribution in [1.82, 2.24) is 4.90 Å². The van der Waals surface area contributed by atoms with Crippen molar-refractivity contribution in [2.24, 2.45) is 5.73 Å². The molecule has 1 rings (SSSR count). The first-order chi connectivity index (χ1) is 8.03. The molecule has 0 aromatic heterocycles. The van der Waals surface area contributed by atoms with Crippen LogP contribution in [0.5, 0.6) is 0 Å². The number of hydrogen-bond acceptors (Lipinski definition) is 2. The number of likely N-dealkylation sites (N-methyl/N-ethyl adjacent to an activating group) is 1. The molecule has 0 bridgehead atoms. The van der Waals surface area contributed by atoms with E-state index in [2.05, 4.69) is 56.9 Å². The molecule has 0 amide bonds. The first-order valence-electron chi connectivity index (χ1n) is 6.55. The summed E-state index contributed by atoms with van der Waals surface area (Å²) in [4.78, 5) is 2.47. The van der Waals surface area contributed by atoms with Crippen LogP contribution in [0.2, 0.25) is 0 Å². The number of hydrogen-bond donors (Lipinski definition) is 1. The Balaban J connectivity index is 2.80. The van der Waals surface area contributed by atoms with Crippen LogP contribution in [-0.4, -0.2) is 24.5 Å². The molecule has 1 aromatic rings. The fourth-order valence-corrected chi connectivity index (χ4v) is 2.19. The lowest BCUT2D eigenvalue weighted by molar-refractivity contribution is 0.245. The van der Waals surface area contributed by atoms with E-state index in [9.17, 15) is 0 Å². The van der Waals surface area contributed by atoms with Crippen LogP contribution in [0.1, 0.15) is 38.8 Å². The Bertz CT molecular complexity index is 323. The lowest BCUT2D eigenvalue weighted by atomic mass is 9.83. The average Bonchev–Trinajstić information content (AvgIpc) is 2.36. The highest BCUT2D eigenvalue weighted by atomic mass is 15.1. The smallest absolute Gasteiger partial charge is 0.0178 e. The molecule has 0 aliphatic rings. The van der Waals surface area contributed by atoms with E-state index in [4.69, 9.17) is 5.73 Å². The van der Waals surface area contributed by atoms with Gasteiger partial charge in [0.2, 0.25) is 0 Å². The van der Waals surface area contributed by atoms with E-state index in [0.717, 1.165) is 19.6 Å². The summed E-state index contributed by atoms with van der Waals surface area (Å²) in [5, 5.41) is 0. The van der Waals surface area contributed by atoms with Gasteiger partial charge in [0.1, 0.15) is 0 Å². The molecular formula is C15H26N2. The first-order valence-corrected chi connectivity index (χ1v) is 6.55. The summed E-state index contributed by atoms with van der Waals surface area (Å²) in [6.07, 6.45) is 0. The summed E-state index contributed by atoms with van der Waals surface area (Å²) in [7, 11) is 0. The molecule has 2 heteroatoms. The number of rotatable bonds is 6. The summed E-state index contributed by atoms with van der Waals surface area (Å²) in [5.74, 6) is 0. The third-order valence-electron chi connectivity index (χ3n) is 3.48. The van der Waals surface area contributed by atoms with E-state index in [1.54, 1.807) is 0 Å². The Morgan fingerprint density at radius 3 is 2.00 bits per heavy atom. The predicted molar refractivity (Wildman–Crippen MR) is 75.1 cm³/mol. The SMILES string of the molecule is CCN(CC)CC(C)(C)c1ccc(CN)cc1. The van der Waals surface area contributed by atoms with Gasteiger partial charge in [-0.25, -0.2) is 0 Å². The third-order valence-corrected chi connectivity index (χ3v) is 3.48. The second-order valence-corrected chi connectivity index (χ2v) is 5.25. The second-order valence-electron chi connectivity index (χ2n) is 5.25. The molecule has 2 nitrogen and oxygen atoms in total. The lowest BCUT2D eigenvalue weighted by Gasteiger charge is -2.32. The van der Waals surface area contributed by atoms with Gasteiger partial charge in [-0.15, -0.1) is 0 Å². The highest BCUT2D eigenvalue weighted by Gasteiger charge is 2.22. The predicted octanol–water partition coefficient (Wildman–Crippen LogP) is 2.76. The van der Waals surface area contributed by atoms with Gasteiger partial charge in [-0.2, -0.15) is 0 Å². The average molecular weight is 234 g/mol. The summed E-state index contributed by atoms with van der Waals surface area (Å²) in [6, 6.07) is 8.70. The number of nitrogens with two attached hydrogens (primary N) is 1. The van der Waals surface area contributed by atoms with Gasteiger partial charge in [0.25, 0.3) is 0 Å². The molecular weight excluding hydrogens is 208 g/mol. The molecule has 0 saturated heterocycles. The molecule has 96 valence electrons. The van der Waals surface area contributed by atoms with Crippen LogP contribution >= 0.6 is 0 Å². The highest BCUT2D eigenvalue weighted by molar-refractivity contribution is 5.28. The third kappa shape index (κ3) is 3.83. The van der Waals surface area contributed by atoms with Gasteiger partial charge in [0.05, 0.1) is 0 Å². The first kappa shape index (κ1) is 14.2. The van der Waals surface area contributed by atoms with Crippen LogP contribution < -0.4 is 5.73 Å². The minimum absolute atomic E-state index is 0.194. The van der Waals surface area contributed by atoms with Gasteiger partial charge in [-0.3, -0.25) is 0 Å². The minimum atomic E-state index is 0.194.